The highest BCUT2D eigenvalue weighted by Gasteiger charge is 2.41. The quantitative estimate of drug-likeness (QED) is 0.256. The van der Waals surface area contributed by atoms with Crippen LogP contribution in [0.1, 0.15) is 5.56 Å². The molecule has 2 amide bonds. The lowest BCUT2D eigenvalue weighted by molar-refractivity contribution is -0.120. The smallest absolute Gasteiger partial charge is 0.270 e. The molecule has 0 unspecified atom stereocenters. The maximum atomic E-state index is 13.4. The fraction of sp³-hybridized carbons (Fsp3) is 0. The number of para-hydroxylation sites is 2. The van der Waals surface area contributed by atoms with E-state index >= 15 is 0 Å². The number of halogens is 2. The molecule has 1 saturated heterocycles. The fourth-order valence-electron chi connectivity index (χ4n) is 3.17. The molecule has 0 aromatic heterocycles. The van der Waals surface area contributed by atoms with Gasteiger partial charge in [-0.25, -0.2) is 0 Å². The average Bonchev–Trinajstić information content (AvgIpc) is 2.76. The second-order valence-corrected chi connectivity index (χ2v) is 8.70. The summed E-state index contributed by atoms with van der Waals surface area (Å²) in [6.07, 6.45) is 1.49. The predicted octanol–water partition coefficient (Wildman–Crippen LogP) is 5.67. The zero-order valence-electron chi connectivity index (χ0n) is 15.8. The van der Waals surface area contributed by atoms with Gasteiger partial charge in [0.05, 0.1) is 20.3 Å². The highest BCUT2D eigenvalue weighted by Crippen LogP contribution is 2.35. The fourth-order valence-corrected chi connectivity index (χ4v) is 4.77. The molecule has 1 heterocycles. The van der Waals surface area contributed by atoms with Crippen LogP contribution in [0.15, 0.2) is 87.3 Å². The molecule has 31 heavy (non-hydrogen) atoms. The third-order valence-electron chi connectivity index (χ3n) is 4.63. The monoisotopic (exact) mass is 556 g/mol. The predicted molar refractivity (Wildman–Crippen MR) is 132 cm³/mol. The largest absolute Gasteiger partial charge is 0.506 e. The Bertz CT molecular complexity index is 1140. The Morgan fingerprint density at radius 3 is 1.61 bits per heavy atom. The van der Waals surface area contributed by atoms with Crippen molar-refractivity contribution in [1.82, 2.24) is 0 Å². The Kier molecular flexibility index (Phi) is 6.04. The topological polar surface area (TPSA) is 60.9 Å². The molecular weight excluding hydrogens is 544 g/mol. The first-order chi connectivity index (χ1) is 14.9. The number of hydrogen-bond acceptors (Lipinski definition) is 4. The van der Waals surface area contributed by atoms with Crippen LogP contribution in [-0.2, 0) is 9.59 Å². The number of carbonyl (C=O) groups is 2. The van der Waals surface area contributed by atoms with E-state index < -0.39 is 11.8 Å². The van der Waals surface area contributed by atoms with E-state index in [4.69, 9.17) is 12.2 Å². The molecule has 1 fully saturated rings. The number of phenolic OH excluding ortho intramolecular Hbond substituents is 1. The van der Waals surface area contributed by atoms with Gasteiger partial charge in [0.1, 0.15) is 11.3 Å². The normalized spacial score (nSPS) is 14.3. The van der Waals surface area contributed by atoms with Crippen LogP contribution in [0.3, 0.4) is 0 Å². The Balaban J connectivity index is 1.88. The summed E-state index contributed by atoms with van der Waals surface area (Å²) in [6.45, 7) is 0. The first-order valence-electron chi connectivity index (χ1n) is 9.11. The molecule has 0 bridgehead atoms. The summed E-state index contributed by atoms with van der Waals surface area (Å²) in [4.78, 5) is 29.5. The van der Waals surface area contributed by atoms with Crippen LogP contribution in [-0.4, -0.2) is 22.0 Å². The summed E-state index contributed by atoms with van der Waals surface area (Å²) in [7, 11) is 0. The number of carbonyl (C=O) groups excluding carboxylic acids is 2. The number of aromatic hydroxyl groups is 1. The molecule has 3 aromatic carbocycles. The molecule has 8 heteroatoms. The first kappa shape index (κ1) is 21.4. The van der Waals surface area contributed by atoms with Crippen molar-refractivity contribution in [2.75, 3.05) is 9.80 Å². The summed E-state index contributed by atoms with van der Waals surface area (Å²) in [6, 6.07) is 21.1. The molecule has 3 aromatic rings. The minimum Gasteiger partial charge on any atom is -0.506 e. The number of amides is 2. The second-order valence-electron chi connectivity index (χ2n) is 6.63. The maximum absolute atomic E-state index is 13.4. The molecule has 1 N–H and O–H groups in total. The molecule has 154 valence electrons. The van der Waals surface area contributed by atoms with Gasteiger partial charge in [-0.15, -0.1) is 0 Å². The second kappa shape index (κ2) is 8.74. The van der Waals surface area contributed by atoms with E-state index in [1.54, 1.807) is 60.7 Å². The van der Waals surface area contributed by atoms with Gasteiger partial charge < -0.3 is 5.11 Å². The van der Waals surface area contributed by atoms with Gasteiger partial charge >= 0.3 is 0 Å². The minimum absolute atomic E-state index is 0.0291. The van der Waals surface area contributed by atoms with Crippen LogP contribution in [0.5, 0.6) is 5.75 Å². The Labute approximate surface area is 200 Å². The van der Waals surface area contributed by atoms with Gasteiger partial charge in [-0.3, -0.25) is 19.4 Å². The number of phenols is 1. The van der Waals surface area contributed by atoms with Gasteiger partial charge in [-0.1, -0.05) is 36.4 Å². The zero-order chi connectivity index (χ0) is 22.1. The summed E-state index contributed by atoms with van der Waals surface area (Å²) >= 11 is 12.1. The number of nitrogens with zero attached hydrogens (tertiary/aromatic N) is 2. The molecule has 1 aliphatic heterocycles. The van der Waals surface area contributed by atoms with E-state index in [-0.39, 0.29) is 16.4 Å². The van der Waals surface area contributed by atoms with Crippen molar-refractivity contribution in [3.63, 3.8) is 0 Å². The number of anilines is 2. The Hall–Kier alpha value is -2.81. The Morgan fingerprint density at radius 1 is 0.774 bits per heavy atom. The van der Waals surface area contributed by atoms with Crippen LogP contribution in [0.2, 0.25) is 0 Å². The lowest BCUT2D eigenvalue weighted by Gasteiger charge is -2.36. The van der Waals surface area contributed by atoms with Gasteiger partial charge in [0, 0.05) is 0 Å². The Morgan fingerprint density at radius 2 is 1.19 bits per heavy atom. The van der Waals surface area contributed by atoms with Crippen molar-refractivity contribution in [2.45, 2.75) is 0 Å². The van der Waals surface area contributed by atoms with Gasteiger partial charge in [-0.2, -0.15) is 0 Å². The average molecular weight is 558 g/mol. The van der Waals surface area contributed by atoms with Crippen LogP contribution in [0.25, 0.3) is 6.08 Å². The maximum Gasteiger partial charge on any atom is 0.270 e. The van der Waals surface area contributed by atoms with Gasteiger partial charge in [0.15, 0.2) is 5.11 Å². The molecule has 4 rings (SSSR count). The van der Waals surface area contributed by atoms with E-state index in [0.717, 1.165) is 0 Å². The lowest BCUT2D eigenvalue weighted by Crippen LogP contribution is -2.56. The van der Waals surface area contributed by atoms with Crippen molar-refractivity contribution < 1.29 is 14.7 Å². The molecule has 0 saturated carbocycles. The zero-order valence-corrected chi connectivity index (χ0v) is 19.8. The van der Waals surface area contributed by atoms with E-state index in [1.807, 2.05) is 12.1 Å². The standard InChI is InChI=1S/C23H14Br2N2O3S/c24-18-12-14(13-19(25)20(18)28)11-17-21(29)26(15-7-3-1-4-8-15)23(31)27(22(17)30)16-9-5-2-6-10-16/h1-13,28H. The van der Waals surface area contributed by atoms with E-state index in [2.05, 4.69) is 31.9 Å². The highest BCUT2D eigenvalue weighted by molar-refractivity contribution is 9.11. The van der Waals surface area contributed by atoms with Crippen LogP contribution < -0.4 is 9.80 Å². The number of thiocarbonyl (C=S) groups is 1. The molecule has 5 nitrogen and oxygen atoms in total. The minimum atomic E-state index is -0.520. The lowest BCUT2D eigenvalue weighted by atomic mass is 10.0. The van der Waals surface area contributed by atoms with Crippen molar-refractivity contribution in [2.24, 2.45) is 0 Å². The number of hydrogen-bond donors (Lipinski definition) is 1. The summed E-state index contributed by atoms with van der Waals surface area (Å²) in [5.41, 5.74) is 1.63. The van der Waals surface area contributed by atoms with E-state index in [0.29, 0.717) is 25.9 Å². The third kappa shape index (κ3) is 4.06. The summed E-state index contributed by atoms with van der Waals surface area (Å²) < 4.78 is 0.861. The van der Waals surface area contributed by atoms with Crippen molar-refractivity contribution in [3.05, 3.63) is 92.9 Å². The molecule has 0 aliphatic carbocycles. The number of rotatable bonds is 3. The first-order valence-corrected chi connectivity index (χ1v) is 11.1. The molecule has 0 radical (unpaired) electrons. The summed E-state index contributed by atoms with van der Waals surface area (Å²) in [5.74, 6) is -1.01. The SMILES string of the molecule is O=C1C(=Cc2cc(Br)c(O)c(Br)c2)C(=O)N(c2ccccc2)C(=S)N1c1ccccc1. The molecule has 1 aliphatic rings. The van der Waals surface area contributed by atoms with Crippen LogP contribution in [0.4, 0.5) is 11.4 Å². The van der Waals surface area contributed by atoms with E-state index in [9.17, 15) is 14.7 Å². The van der Waals surface area contributed by atoms with Crippen molar-refractivity contribution in [1.29, 1.82) is 0 Å². The van der Waals surface area contributed by atoms with Gasteiger partial charge in [0.2, 0.25) is 0 Å². The van der Waals surface area contributed by atoms with Gasteiger partial charge in [-0.05, 0) is 92.1 Å². The van der Waals surface area contributed by atoms with Crippen molar-refractivity contribution >= 4 is 78.5 Å². The molecule has 0 atom stereocenters. The van der Waals surface area contributed by atoms with Gasteiger partial charge in [0.25, 0.3) is 11.8 Å². The summed E-state index contributed by atoms with van der Waals surface area (Å²) in [5, 5.41) is 10.1. The van der Waals surface area contributed by atoms with E-state index in [1.165, 1.54) is 15.9 Å². The third-order valence-corrected chi connectivity index (χ3v) is 6.20. The molecule has 0 spiro atoms. The van der Waals surface area contributed by atoms with Crippen molar-refractivity contribution in [3.8, 4) is 5.75 Å². The molecular formula is C23H14Br2N2O3S. The highest BCUT2D eigenvalue weighted by atomic mass is 79.9. The van der Waals surface area contributed by atoms with Crippen LogP contribution in [0, 0.1) is 0 Å². The number of benzene rings is 3. The van der Waals surface area contributed by atoms with Crippen LogP contribution >= 0.6 is 44.1 Å².